The van der Waals surface area contributed by atoms with E-state index in [0.717, 1.165) is 11.5 Å². The van der Waals surface area contributed by atoms with E-state index in [2.05, 4.69) is 9.59 Å². The molecule has 0 aromatic carbocycles. The van der Waals surface area contributed by atoms with E-state index in [9.17, 15) is 9.18 Å². The van der Waals surface area contributed by atoms with Gasteiger partial charge in [-0.2, -0.15) is 0 Å². The van der Waals surface area contributed by atoms with Gasteiger partial charge < -0.3 is 4.74 Å². The minimum atomic E-state index is -1.29. The van der Waals surface area contributed by atoms with Crippen LogP contribution in [0.4, 0.5) is 4.39 Å². The van der Waals surface area contributed by atoms with Gasteiger partial charge in [0.05, 0.1) is 6.61 Å². The van der Waals surface area contributed by atoms with E-state index < -0.39 is 12.1 Å². The Hall–Kier alpha value is -1.04. The molecule has 6 heteroatoms. The van der Waals surface area contributed by atoms with Gasteiger partial charge in [0.2, 0.25) is 0 Å². The van der Waals surface area contributed by atoms with Crippen molar-refractivity contribution in [3.63, 3.8) is 0 Å². The van der Waals surface area contributed by atoms with Gasteiger partial charge >= 0.3 is 5.97 Å². The average molecular weight is 204 g/mol. The summed E-state index contributed by atoms with van der Waals surface area (Å²) in [6.07, 6.45) is -1.29. The largest absolute Gasteiger partial charge is 0.462 e. The minimum Gasteiger partial charge on any atom is -0.462 e. The Balaban J connectivity index is 2.87. The lowest BCUT2D eigenvalue weighted by Gasteiger charge is -2.00. The number of halogens is 1. The second kappa shape index (κ2) is 4.27. The predicted octanol–water partition coefficient (Wildman–Crippen LogP) is 1.75. The fourth-order valence-corrected chi connectivity index (χ4v) is 1.44. The summed E-state index contributed by atoms with van der Waals surface area (Å²) in [6, 6.07) is 0. The highest BCUT2D eigenvalue weighted by atomic mass is 32.1. The molecule has 0 amide bonds. The van der Waals surface area contributed by atoms with Crippen LogP contribution in [0.15, 0.2) is 0 Å². The summed E-state index contributed by atoms with van der Waals surface area (Å²) in [7, 11) is 0. The summed E-state index contributed by atoms with van der Waals surface area (Å²) >= 11 is 0.850. The van der Waals surface area contributed by atoms with Crippen LogP contribution in [0.2, 0.25) is 0 Å². The van der Waals surface area contributed by atoms with E-state index >= 15 is 0 Å². The molecule has 72 valence electrons. The number of ether oxygens (including phenoxy) is 1. The highest BCUT2D eigenvalue weighted by Gasteiger charge is 2.21. The van der Waals surface area contributed by atoms with Gasteiger partial charge in [-0.25, -0.2) is 9.18 Å². The van der Waals surface area contributed by atoms with Crippen LogP contribution in [-0.4, -0.2) is 22.2 Å². The van der Waals surface area contributed by atoms with E-state index in [4.69, 9.17) is 4.74 Å². The van der Waals surface area contributed by atoms with Gasteiger partial charge in [0.15, 0.2) is 4.88 Å². The van der Waals surface area contributed by atoms with E-state index in [0.29, 0.717) is 0 Å². The number of nitrogens with zero attached hydrogens (tertiary/aromatic N) is 2. The molecule has 0 aliphatic rings. The molecule has 0 N–H and O–H groups in total. The normalized spacial score (nSPS) is 12.5. The molecular formula is C7H9FN2O2S. The Morgan fingerprint density at radius 1 is 1.77 bits per heavy atom. The highest BCUT2D eigenvalue weighted by molar-refractivity contribution is 7.07. The SMILES string of the molecule is CCOC(=O)c1snnc1C(C)F. The lowest BCUT2D eigenvalue weighted by Crippen LogP contribution is -2.06. The number of hydrogen-bond acceptors (Lipinski definition) is 5. The fraction of sp³-hybridized carbons (Fsp3) is 0.571. The second-order valence-electron chi connectivity index (χ2n) is 2.32. The minimum absolute atomic E-state index is 0.0588. The third-order valence-electron chi connectivity index (χ3n) is 1.35. The molecule has 0 fully saturated rings. The van der Waals surface area contributed by atoms with Crippen molar-refractivity contribution in [1.82, 2.24) is 9.59 Å². The van der Waals surface area contributed by atoms with Crippen molar-refractivity contribution in [1.29, 1.82) is 0 Å². The molecule has 4 nitrogen and oxygen atoms in total. The van der Waals surface area contributed by atoms with Gasteiger partial charge in [-0.05, 0) is 25.4 Å². The zero-order valence-corrected chi connectivity index (χ0v) is 8.10. The summed E-state index contributed by atoms with van der Waals surface area (Å²) in [5.41, 5.74) is 0.0588. The third-order valence-corrected chi connectivity index (χ3v) is 2.07. The van der Waals surface area contributed by atoms with Gasteiger partial charge in [0.25, 0.3) is 0 Å². The van der Waals surface area contributed by atoms with Crippen LogP contribution in [0.25, 0.3) is 0 Å². The van der Waals surface area contributed by atoms with Crippen LogP contribution in [0.1, 0.15) is 35.4 Å². The van der Waals surface area contributed by atoms with Gasteiger partial charge in [-0.1, -0.05) is 4.49 Å². The molecule has 13 heavy (non-hydrogen) atoms. The molecule has 0 spiro atoms. The molecule has 1 aromatic heterocycles. The van der Waals surface area contributed by atoms with Crippen LogP contribution in [0, 0.1) is 0 Å². The molecule has 1 heterocycles. The summed E-state index contributed by atoms with van der Waals surface area (Å²) < 4.78 is 21.0. The lowest BCUT2D eigenvalue weighted by molar-refractivity contribution is 0.0528. The van der Waals surface area contributed by atoms with Crippen LogP contribution in [0.5, 0.6) is 0 Å². The molecule has 0 bridgehead atoms. The van der Waals surface area contributed by atoms with Crippen molar-refractivity contribution in [2.75, 3.05) is 6.61 Å². The summed E-state index contributed by atoms with van der Waals surface area (Å²) in [5, 5.41) is 3.51. The molecule has 1 atom stereocenters. The van der Waals surface area contributed by atoms with Crippen molar-refractivity contribution in [2.45, 2.75) is 20.0 Å². The molecule has 0 radical (unpaired) electrons. The maximum absolute atomic E-state index is 12.8. The van der Waals surface area contributed by atoms with Gasteiger partial charge in [0.1, 0.15) is 11.9 Å². The average Bonchev–Trinajstić information content (AvgIpc) is 2.52. The Morgan fingerprint density at radius 3 is 3.00 bits per heavy atom. The molecular weight excluding hydrogens is 195 g/mol. The van der Waals surface area contributed by atoms with Crippen molar-refractivity contribution >= 4 is 17.5 Å². The first kappa shape index (κ1) is 10.0. The molecule has 0 aliphatic carbocycles. The Labute approximate surface area is 78.9 Å². The standard InChI is InChI=1S/C7H9FN2O2S/c1-3-12-7(11)6-5(4(2)8)9-10-13-6/h4H,3H2,1-2H3. The van der Waals surface area contributed by atoms with Crippen LogP contribution in [0.3, 0.4) is 0 Å². The zero-order chi connectivity index (χ0) is 9.84. The fourth-order valence-electron chi connectivity index (χ4n) is 0.796. The molecule has 1 rings (SSSR count). The number of aromatic nitrogens is 2. The zero-order valence-electron chi connectivity index (χ0n) is 7.28. The first-order chi connectivity index (χ1) is 6.16. The first-order valence-corrected chi connectivity index (χ1v) is 4.57. The smallest absolute Gasteiger partial charge is 0.352 e. The van der Waals surface area contributed by atoms with Crippen LogP contribution in [-0.2, 0) is 4.74 Å². The Kier molecular flexibility index (Phi) is 3.30. The molecule has 0 saturated heterocycles. The van der Waals surface area contributed by atoms with E-state index in [1.54, 1.807) is 6.92 Å². The topological polar surface area (TPSA) is 52.1 Å². The Morgan fingerprint density at radius 2 is 2.46 bits per heavy atom. The Bertz CT molecular complexity index is 300. The van der Waals surface area contributed by atoms with Crippen molar-refractivity contribution in [3.8, 4) is 0 Å². The highest BCUT2D eigenvalue weighted by Crippen LogP contribution is 2.21. The van der Waals surface area contributed by atoms with Gasteiger partial charge in [-0.3, -0.25) is 0 Å². The number of esters is 1. The first-order valence-electron chi connectivity index (χ1n) is 3.80. The quantitative estimate of drug-likeness (QED) is 0.704. The predicted molar refractivity (Wildman–Crippen MR) is 45.4 cm³/mol. The van der Waals surface area contributed by atoms with Crippen LogP contribution >= 0.6 is 11.5 Å². The molecule has 1 aromatic rings. The number of rotatable bonds is 3. The van der Waals surface area contributed by atoms with Gasteiger partial charge in [0, 0.05) is 0 Å². The monoisotopic (exact) mass is 204 g/mol. The van der Waals surface area contributed by atoms with Crippen molar-refractivity contribution in [3.05, 3.63) is 10.6 Å². The second-order valence-corrected chi connectivity index (χ2v) is 3.08. The van der Waals surface area contributed by atoms with Gasteiger partial charge in [-0.15, -0.1) is 5.10 Å². The number of carbonyl (C=O) groups is 1. The lowest BCUT2D eigenvalue weighted by atomic mass is 10.3. The number of carbonyl (C=O) groups excluding carboxylic acids is 1. The number of alkyl halides is 1. The summed E-state index contributed by atoms with van der Waals surface area (Å²) in [4.78, 5) is 11.3. The molecule has 0 aliphatic heterocycles. The number of hydrogen-bond donors (Lipinski definition) is 0. The maximum atomic E-state index is 12.8. The van der Waals surface area contributed by atoms with Crippen LogP contribution < -0.4 is 0 Å². The van der Waals surface area contributed by atoms with E-state index in [1.165, 1.54) is 6.92 Å². The summed E-state index contributed by atoms with van der Waals surface area (Å²) in [5.74, 6) is -0.558. The van der Waals surface area contributed by atoms with Crippen molar-refractivity contribution < 1.29 is 13.9 Å². The summed E-state index contributed by atoms with van der Waals surface area (Å²) in [6.45, 7) is 3.25. The van der Waals surface area contributed by atoms with E-state index in [1.807, 2.05) is 0 Å². The third kappa shape index (κ3) is 2.21. The van der Waals surface area contributed by atoms with Crippen molar-refractivity contribution in [2.24, 2.45) is 0 Å². The molecule has 0 saturated carbocycles. The maximum Gasteiger partial charge on any atom is 0.352 e. The van der Waals surface area contributed by atoms with E-state index in [-0.39, 0.29) is 17.2 Å². The molecule has 1 unspecified atom stereocenters.